The highest BCUT2D eigenvalue weighted by molar-refractivity contribution is 6.30. The van der Waals surface area contributed by atoms with Crippen molar-refractivity contribution in [3.8, 4) is 5.75 Å². The monoisotopic (exact) mass is 280 g/mol. The van der Waals surface area contributed by atoms with Gasteiger partial charge in [-0.25, -0.2) is 0 Å². The van der Waals surface area contributed by atoms with Gasteiger partial charge >= 0.3 is 0 Å². The van der Waals surface area contributed by atoms with Gasteiger partial charge < -0.3 is 14.6 Å². The Kier molecular flexibility index (Phi) is 4.76. The maximum atomic E-state index is 5.98. The minimum absolute atomic E-state index is 0.710. The van der Waals surface area contributed by atoms with Gasteiger partial charge in [0.2, 0.25) is 0 Å². The van der Waals surface area contributed by atoms with Crippen LogP contribution in [0.1, 0.15) is 11.4 Å². The summed E-state index contributed by atoms with van der Waals surface area (Å²) in [5.41, 5.74) is 1.05. The maximum Gasteiger partial charge on any atom is 0.133 e. The summed E-state index contributed by atoms with van der Waals surface area (Å²) in [4.78, 5) is 0. The van der Waals surface area contributed by atoms with Crippen molar-refractivity contribution >= 4 is 11.6 Å². The Morgan fingerprint density at radius 2 is 2.26 bits per heavy atom. The van der Waals surface area contributed by atoms with Gasteiger partial charge in [0, 0.05) is 37.1 Å². The minimum Gasteiger partial charge on any atom is -0.496 e. The molecule has 0 spiro atoms. The van der Waals surface area contributed by atoms with E-state index in [1.54, 1.807) is 13.4 Å². The molecule has 0 saturated heterocycles. The first kappa shape index (κ1) is 13.8. The van der Waals surface area contributed by atoms with Gasteiger partial charge in [0.15, 0.2) is 0 Å². The summed E-state index contributed by atoms with van der Waals surface area (Å²) in [6, 6.07) is 5.61. The van der Waals surface area contributed by atoms with Crippen LogP contribution in [0.2, 0.25) is 5.02 Å². The van der Waals surface area contributed by atoms with Gasteiger partial charge in [-0.05, 0) is 18.2 Å². The first-order chi connectivity index (χ1) is 9.20. The molecule has 2 rings (SSSR count). The first-order valence-electron chi connectivity index (χ1n) is 6.06. The van der Waals surface area contributed by atoms with Crippen LogP contribution in [0.4, 0.5) is 0 Å². The molecule has 0 aliphatic heterocycles. The van der Waals surface area contributed by atoms with Crippen LogP contribution in [0.15, 0.2) is 24.5 Å². The Balaban J connectivity index is 1.86. The molecule has 1 aromatic carbocycles. The molecule has 0 atom stereocenters. The number of halogens is 1. The molecular weight excluding hydrogens is 264 g/mol. The average Bonchev–Trinajstić information content (AvgIpc) is 2.80. The molecule has 19 heavy (non-hydrogen) atoms. The number of ether oxygens (including phenoxy) is 1. The fourth-order valence-electron chi connectivity index (χ4n) is 1.84. The van der Waals surface area contributed by atoms with Gasteiger partial charge in [-0.2, -0.15) is 0 Å². The zero-order chi connectivity index (χ0) is 13.7. The summed E-state index contributed by atoms with van der Waals surface area (Å²) in [7, 11) is 3.60. The van der Waals surface area contributed by atoms with Crippen molar-refractivity contribution in [2.75, 3.05) is 13.7 Å². The molecule has 0 amide bonds. The van der Waals surface area contributed by atoms with E-state index in [0.29, 0.717) is 11.6 Å². The highest BCUT2D eigenvalue weighted by Gasteiger charge is 2.04. The Morgan fingerprint density at radius 1 is 1.42 bits per heavy atom. The first-order valence-corrected chi connectivity index (χ1v) is 6.44. The quantitative estimate of drug-likeness (QED) is 0.820. The second-order valence-corrected chi connectivity index (χ2v) is 4.68. The van der Waals surface area contributed by atoms with Gasteiger partial charge in [-0.1, -0.05) is 11.6 Å². The molecule has 0 radical (unpaired) electrons. The van der Waals surface area contributed by atoms with Crippen LogP contribution >= 0.6 is 11.6 Å². The summed E-state index contributed by atoms with van der Waals surface area (Å²) in [5.74, 6) is 1.81. The highest BCUT2D eigenvalue weighted by Crippen LogP contribution is 2.22. The van der Waals surface area contributed by atoms with E-state index in [-0.39, 0.29) is 0 Å². The van der Waals surface area contributed by atoms with Gasteiger partial charge in [0.05, 0.1) is 7.11 Å². The number of hydrogen-bond donors (Lipinski definition) is 1. The van der Waals surface area contributed by atoms with E-state index in [4.69, 9.17) is 16.3 Å². The van der Waals surface area contributed by atoms with E-state index in [9.17, 15) is 0 Å². The SMILES string of the molecule is COc1ccc(Cl)cc1CNCCc1nncn1C. The van der Waals surface area contributed by atoms with E-state index < -0.39 is 0 Å². The minimum atomic E-state index is 0.710. The van der Waals surface area contributed by atoms with E-state index in [0.717, 1.165) is 30.1 Å². The lowest BCUT2D eigenvalue weighted by molar-refractivity contribution is 0.407. The molecule has 1 heterocycles. The van der Waals surface area contributed by atoms with Gasteiger partial charge in [-0.3, -0.25) is 0 Å². The van der Waals surface area contributed by atoms with Gasteiger partial charge in [0.1, 0.15) is 17.9 Å². The number of hydrogen-bond acceptors (Lipinski definition) is 4. The second kappa shape index (κ2) is 6.54. The third-order valence-corrected chi connectivity index (χ3v) is 3.12. The summed E-state index contributed by atoms with van der Waals surface area (Å²) < 4.78 is 7.22. The fraction of sp³-hybridized carbons (Fsp3) is 0.385. The van der Waals surface area contributed by atoms with Crippen molar-refractivity contribution in [2.24, 2.45) is 7.05 Å². The molecule has 0 aliphatic rings. The number of aromatic nitrogens is 3. The van der Waals surface area contributed by atoms with Crippen molar-refractivity contribution in [2.45, 2.75) is 13.0 Å². The normalized spacial score (nSPS) is 10.7. The molecule has 1 aromatic heterocycles. The van der Waals surface area contributed by atoms with Crippen LogP contribution in [0.3, 0.4) is 0 Å². The van der Waals surface area contributed by atoms with E-state index in [1.165, 1.54) is 0 Å². The van der Waals surface area contributed by atoms with E-state index in [2.05, 4.69) is 15.5 Å². The molecule has 0 fully saturated rings. The van der Waals surface area contributed by atoms with Crippen LogP contribution in [-0.2, 0) is 20.0 Å². The summed E-state index contributed by atoms with van der Waals surface area (Å²) >= 11 is 5.98. The van der Waals surface area contributed by atoms with Crippen LogP contribution in [0, 0.1) is 0 Å². The Hall–Kier alpha value is -1.59. The number of benzene rings is 1. The molecule has 102 valence electrons. The van der Waals surface area contributed by atoms with Gasteiger partial charge in [0.25, 0.3) is 0 Å². The molecule has 2 aromatic rings. The molecule has 0 saturated carbocycles. The lowest BCUT2D eigenvalue weighted by Gasteiger charge is -2.10. The summed E-state index contributed by atoms with van der Waals surface area (Å²) in [5, 5.41) is 11.9. The molecule has 1 N–H and O–H groups in total. The second-order valence-electron chi connectivity index (χ2n) is 4.24. The van der Waals surface area contributed by atoms with E-state index >= 15 is 0 Å². The summed E-state index contributed by atoms with van der Waals surface area (Å²) in [6.07, 6.45) is 2.54. The molecule has 0 bridgehead atoms. The Morgan fingerprint density at radius 3 is 2.95 bits per heavy atom. The van der Waals surface area contributed by atoms with Crippen molar-refractivity contribution < 1.29 is 4.74 Å². The number of methoxy groups -OCH3 is 1. The standard InChI is InChI=1S/C13H17ClN4O/c1-18-9-16-17-13(18)5-6-15-8-10-7-11(14)3-4-12(10)19-2/h3-4,7,9,15H,5-6,8H2,1-2H3. The predicted molar refractivity (Wildman–Crippen MR) is 74.4 cm³/mol. The smallest absolute Gasteiger partial charge is 0.133 e. The zero-order valence-electron chi connectivity index (χ0n) is 11.1. The largest absolute Gasteiger partial charge is 0.496 e. The molecule has 6 heteroatoms. The molecular formula is C13H17ClN4O. The third-order valence-electron chi connectivity index (χ3n) is 2.89. The topological polar surface area (TPSA) is 52.0 Å². The Labute approximate surface area is 117 Å². The van der Waals surface area contributed by atoms with E-state index in [1.807, 2.05) is 29.8 Å². The van der Waals surface area contributed by atoms with Gasteiger partial charge in [-0.15, -0.1) is 10.2 Å². The predicted octanol–water partition coefficient (Wildman–Crippen LogP) is 1.81. The highest BCUT2D eigenvalue weighted by atomic mass is 35.5. The van der Waals surface area contributed by atoms with Crippen LogP contribution in [-0.4, -0.2) is 28.4 Å². The molecule has 5 nitrogen and oxygen atoms in total. The average molecular weight is 281 g/mol. The number of nitrogens with zero attached hydrogens (tertiary/aromatic N) is 3. The fourth-order valence-corrected chi connectivity index (χ4v) is 2.04. The van der Waals surface area contributed by atoms with Crippen molar-refractivity contribution in [3.63, 3.8) is 0 Å². The maximum absolute atomic E-state index is 5.98. The molecule has 0 aliphatic carbocycles. The van der Waals surface area contributed by atoms with Crippen LogP contribution < -0.4 is 10.1 Å². The third kappa shape index (κ3) is 3.68. The number of aryl methyl sites for hydroxylation is 1. The Bertz CT molecular complexity index is 541. The van der Waals surface area contributed by atoms with Crippen molar-refractivity contribution in [1.29, 1.82) is 0 Å². The van der Waals surface area contributed by atoms with Crippen molar-refractivity contribution in [1.82, 2.24) is 20.1 Å². The van der Waals surface area contributed by atoms with Crippen LogP contribution in [0.25, 0.3) is 0 Å². The van der Waals surface area contributed by atoms with Crippen LogP contribution in [0.5, 0.6) is 5.75 Å². The lowest BCUT2D eigenvalue weighted by atomic mass is 10.2. The van der Waals surface area contributed by atoms with Crippen molar-refractivity contribution in [3.05, 3.63) is 40.9 Å². The zero-order valence-corrected chi connectivity index (χ0v) is 11.8. The number of nitrogens with one attached hydrogen (secondary N) is 1. The lowest BCUT2D eigenvalue weighted by Crippen LogP contribution is -2.18. The summed E-state index contributed by atoms with van der Waals surface area (Å²) in [6.45, 7) is 1.53. The molecule has 0 unspecified atom stereocenters. The number of rotatable bonds is 6.